The molecule has 90 valence electrons. The predicted molar refractivity (Wildman–Crippen MR) is 66.5 cm³/mol. The third-order valence-electron chi connectivity index (χ3n) is 2.79. The summed E-state index contributed by atoms with van der Waals surface area (Å²) in [7, 11) is 0. The zero-order chi connectivity index (χ0) is 11.6. The Kier molecular flexibility index (Phi) is 6.54. The molecule has 0 saturated heterocycles. The molecule has 0 bridgehead atoms. The molecule has 0 fully saturated rings. The first kappa shape index (κ1) is 12.9. The molecule has 1 heterocycles. The van der Waals surface area contributed by atoms with Crippen molar-refractivity contribution >= 4 is 0 Å². The van der Waals surface area contributed by atoms with Crippen LogP contribution in [0.15, 0.2) is 23.4 Å². The van der Waals surface area contributed by atoms with Gasteiger partial charge in [0, 0.05) is 18.8 Å². The number of hydrogen-bond acceptors (Lipinski definition) is 2. The van der Waals surface area contributed by atoms with Gasteiger partial charge in [-0.25, -0.2) is 4.98 Å². The van der Waals surface area contributed by atoms with Crippen molar-refractivity contribution in [2.75, 3.05) is 0 Å². The molecule has 0 aliphatic rings. The number of nitrogens with zero attached hydrogens (tertiary/aromatic N) is 2. The molecule has 16 heavy (non-hydrogen) atoms. The van der Waals surface area contributed by atoms with Crippen LogP contribution in [0, 0.1) is 0 Å². The molecule has 0 spiro atoms. The molecule has 0 unspecified atom stereocenters. The summed E-state index contributed by atoms with van der Waals surface area (Å²) in [5, 5.41) is 0. The molecule has 0 aliphatic heterocycles. The van der Waals surface area contributed by atoms with Crippen LogP contribution in [0.4, 0.5) is 0 Å². The van der Waals surface area contributed by atoms with Crippen molar-refractivity contribution in [3.05, 3.63) is 28.9 Å². The van der Waals surface area contributed by atoms with Crippen molar-refractivity contribution in [2.45, 2.75) is 58.4 Å². The zero-order valence-electron chi connectivity index (χ0n) is 10.2. The second-order valence-corrected chi connectivity index (χ2v) is 4.23. The van der Waals surface area contributed by atoms with Crippen LogP contribution in [0.1, 0.15) is 51.9 Å². The summed E-state index contributed by atoms with van der Waals surface area (Å²) in [4.78, 5) is 15.3. The highest BCUT2D eigenvalue weighted by Crippen LogP contribution is 2.07. The van der Waals surface area contributed by atoms with Gasteiger partial charge in [0.2, 0.25) is 0 Å². The van der Waals surface area contributed by atoms with Gasteiger partial charge in [0.05, 0.1) is 6.33 Å². The maximum absolute atomic E-state index is 11.3. The molecule has 0 aromatic carbocycles. The van der Waals surface area contributed by atoms with Gasteiger partial charge in [0.1, 0.15) is 0 Å². The zero-order valence-corrected chi connectivity index (χ0v) is 10.2. The fourth-order valence-electron chi connectivity index (χ4n) is 1.79. The van der Waals surface area contributed by atoms with Gasteiger partial charge in [0.15, 0.2) is 0 Å². The Morgan fingerprint density at radius 2 is 1.81 bits per heavy atom. The third kappa shape index (κ3) is 5.10. The van der Waals surface area contributed by atoms with Crippen molar-refractivity contribution in [1.29, 1.82) is 0 Å². The van der Waals surface area contributed by atoms with Gasteiger partial charge < -0.3 is 0 Å². The molecule has 0 N–H and O–H groups in total. The highest BCUT2D eigenvalue weighted by molar-refractivity contribution is 4.81. The van der Waals surface area contributed by atoms with Crippen LogP contribution in [0.5, 0.6) is 0 Å². The molecule has 0 saturated carbocycles. The summed E-state index contributed by atoms with van der Waals surface area (Å²) in [5.41, 5.74) is 0.0565. The summed E-state index contributed by atoms with van der Waals surface area (Å²) >= 11 is 0. The SMILES string of the molecule is CCCCCCCCCn1cnccc1=O. The van der Waals surface area contributed by atoms with E-state index in [2.05, 4.69) is 11.9 Å². The number of hydrogen-bond donors (Lipinski definition) is 0. The fraction of sp³-hybridized carbons (Fsp3) is 0.692. The van der Waals surface area contributed by atoms with E-state index in [4.69, 9.17) is 0 Å². The van der Waals surface area contributed by atoms with Crippen molar-refractivity contribution in [3.63, 3.8) is 0 Å². The van der Waals surface area contributed by atoms with E-state index in [9.17, 15) is 4.79 Å². The Hall–Kier alpha value is -1.12. The van der Waals surface area contributed by atoms with E-state index >= 15 is 0 Å². The standard InChI is InChI=1S/C13H22N2O/c1-2-3-4-5-6-7-8-11-15-12-14-10-9-13(15)16/h9-10,12H,2-8,11H2,1H3. The molecule has 0 amide bonds. The van der Waals surface area contributed by atoms with Crippen LogP contribution in [0.3, 0.4) is 0 Å². The molecule has 0 aliphatic carbocycles. The van der Waals surface area contributed by atoms with Crippen molar-refractivity contribution < 1.29 is 0 Å². The van der Waals surface area contributed by atoms with Crippen LogP contribution >= 0.6 is 0 Å². The van der Waals surface area contributed by atoms with Crippen LogP contribution in [-0.2, 0) is 6.54 Å². The molecule has 1 aromatic heterocycles. The minimum atomic E-state index is 0.0565. The Morgan fingerprint density at radius 3 is 2.50 bits per heavy atom. The molecule has 3 heteroatoms. The number of aromatic nitrogens is 2. The monoisotopic (exact) mass is 222 g/mol. The number of unbranched alkanes of at least 4 members (excludes halogenated alkanes) is 6. The van der Waals surface area contributed by atoms with Crippen LogP contribution < -0.4 is 5.56 Å². The largest absolute Gasteiger partial charge is 0.299 e. The van der Waals surface area contributed by atoms with E-state index in [1.165, 1.54) is 44.6 Å². The van der Waals surface area contributed by atoms with Crippen molar-refractivity contribution in [2.24, 2.45) is 0 Å². The minimum absolute atomic E-state index is 0.0565. The van der Waals surface area contributed by atoms with Gasteiger partial charge in [-0.3, -0.25) is 9.36 Å². The summed E-state index contributed by atoms with van der Waals surface area (Å²) in [5.74, 6) is 0. The summed E-state index contributed by atoms with van der Waals surface area (Å²) in [6.45, 7) is 3.04. The molecule has 1 aromatic rings. The Bertz CT molecular complexity index is 333. The smallest absolute Gasteiger partial charge is 0.253 e. The highest BCUT2D eigenvalue weighted by Gasteiger charge is 1.94. The quantitative estimate of drug-likeness (QED) is 0.634. The third-order valence-corrected chi connectivity index (χ3v) is 2.79. The first-order valence-corrected chi connectivity index (χ1v) is 6.35. The molecule has 0 radical (unpaired) electrons. The fourth-order valence-corrected chi connectivity index (χ4v) is 1.79. The van der Waals surface area contributed by atoms with E-state index in [0.717, 1.165) is 13.0 Å². The van der Waals surface area contributed by atoms with Crippen LogP contribution in [-0.4, -0.2) is 9.55 Å². The highest BCUT2D eigenvalue weighted by atomic mass is 16.1. The topological polar surface area (TPSA) is 34.9 Å². The maximum Gasteiger partial charge on any atom is 0.253 e. The molecule has 3 nitrogen and oxygen atoms in total. The lowest BCUT2D eigenvalue weighted by Gasteiger charge is -2.04. The minimum Gasteiger partial charge on any atom is -0.299 e. The normalized spacial score (nSPS) is 10.6. The lowest BCUT2D eigenvalue weighted by atomic mass is 10.1. The lowest BCUT2D eigenvalue weighted by Crippen LogP contribution is -2.18. The summed E-state index contributed by atoms with van der Waals surface area (Å²) in [6.07, 6.45) is 12.1. The van der Waals surface area contributed by atoms with Crippen LogP contribution in [0.25, 0.3) is 0 Å². The number of aryl methyl sites for hydroxylation is 1. The molecular formula is C13H22N2O. The Labute approximate surface area is 97.5 Å². The van der Waals surface area contributed by atoms with Crippen molar-refractivity contribution in [1.82, 2.24) is 9.55 Å². The second kappa shape index (κ2) is 8.08. The maximum atomic E-state index is 11.3. The summed E-state index contributed by atoms with van der Waals surface area (Å²) < 4.78 is 1.69. The Morgan fingerprint density at radius 1 is 1.12 bits per heavy atom. The van der Waals surface area contributed by atoms with Gasteiger partial charge in [-0.05, 0) is 6.42 Å². The van der Waals surface area contributed by atoms with Crippen LogP contribution in [0.2, 0.25) is 0 Å². The average Bonchev–Trinajstić information content (AvgIpc) is 2.30. The molecular weight excluding hydrogens is 200 g/mol. The summed E-state index contributed by atoms with van der Waals surface area (Å²) in [6, 6.07) is 1.52. The Balaban J connectivity index is 2.08. The first-order valence-electron chi connectivity index (χ1n) is 6.35. The first-order chi connectivity index (χ1) is 7.84. The van der Waals surface area contributed by atoms with Gasteiger partial charge >= 0.3 is 0 Å². The van der Waals surface area contributed by atoms with E-state index in [1.54, 1.807) is 17.1 Å². The second-order valence-electron chi connectivity index (χ2n) is 4.23. The van der Waals surface area contributed by atoms with Gasteiger partial charge in [0.25, 0.3) is 5.56 Å². The molecule has 1 rings (SSSR count). The predicted octanol–water partition coefficient (Wildman–Crippen LogP) is 2.99. The average molecular weight is 222 g/mol. The van der Waals surface area contributed by atoms with Crippen molar-refractivity contribution in [3.8, 4) is 0 Å². The lowest BCUT2D eigenvalue weighted by molar-refractivity contribution is 0.539. The van der Waals surface area contributed by atoms with E-state index in [0.29, 0.717) is 0 Å². The number of rotatable bonds is 8. The molecule has 0 atom stereocenters. The van der Waals surface area contributed by atoms with E-state index in [-0.39, 0.29) is 5.56 Å². The van der Waals surface area contributed by atoms with E-state index < -0.39 is 0 Å². The van der Waals surface area contributed by atoms with E-state index in [1.807, 2.05) is 0 Å². The van der Waals surface area contributed by atoms with Gasteiger partial charge in [-0.1, -0.05) is 45.4 Å². The van der Waals surface area contributed by atoms with Gasteiger partial charge in [-0.2, -0.15) is 0 Å². The van der Waals surface area contributed by atoms with Gasteiger partial charge in [-0.15, -0.1) is 0 Å².